The number of hydrogen-bond acceptors (Lipinski definition) is 9. The molecule has 4 N–H and O–H groups in total. The van der Waals surface area contributed by atoms with Gasteiger partial charge >= 0.3 is 5.97 Å². The number of hydrogen-bond donors (Lipinski definition) is 4. The lowest BCUT2D eigenvalue weighted by atomic mass is 9.99. The number of aliphatic hydroxyl groups is 4. The van der Waals surface area contributed by atoms with Gasteiger partial charge in [-0.3, -0.25) is 4.79 Å². The summed E-state index contributed by atoms with van der Waals surface area (Å²) in [4.78, 5) is 12.8. The van der Waals surface area contributed by atoms with Crippen LogP contribution in [0, 0.1) is 0 Å². The molecule has 1 heterocycles. The zero-order chi connectivity index (χ0) is 41.4. The van der Waals surface area contributed by atoms with Crippen molar-refractivity contribution in [3.05, 3.63) is 72.9 Å². The average Bonchev–Trinajstić information content (AvgIpc) is 3.21. The standard InChI is InChI=1S/C48H82O9/c1-3-5-7-9-11-13-15-17-18-19-20-21-22-23-24-25-27-29-31-33-35-37-44(50)56-42(41-55-48-47(53)46(52)45(51)43(39-49)57-48)40-54-38-36-34-32-30-28-26-16-14-12-10-8-6-4-2/h5,7,11,13,17-18,20-21,23-24,27,29,42-43,45-49,51-53H,3-4,6,8-10,12,14-16,19,22,25-26,28,30-41H2,1-2H3/b7-5-,13-11-,18-17-,21-20-,24-23-,29-27-. The maximum atomic E-state index is 12.8. The highest BCUT2D eigenvalue weighted by Gasteiger charge is 2.44. The van der Waals surface area contributed by atoms with E-state index in [9.17, 15) is 25.2 Å². The SMILES string of the molecule is CC/C=C\C/C=C\C/C=C\C/C=C\C/C=C\C/C=C\CCCCC(=O)OC(COCCCCCCCCCCCCCCC)COC1OC(CO)C(O)C(O)C1O. The van der Waals surface area contributed by atoms with Gasteiger partial charge in [-0.1, -0.05) is 164 Å². The highest BCUT2D eigenvalue weighted by molar-refractivity contribution is 5.69. The Morgan fingerprint density at radius 1 is 0.579 bits per heavy atom. The predicted octanol–water partition coefficient (Wildman–Crippen LogP) is 10.1. The second kappa shape index (κ2) is 39.1. The van der Waals surface area contributed by atoms with Crippen LogP contribution in [0.25, 0.3) is 0 Å². The fraction of sp³-hybridized carbons (Fsp3) is 0.729. The third-order valence-corrected chi connectivity index (χ3v) is 9.89. The molecule has 1 saturated heterocycles. The average molecular weight is 803 g/mol. The molecule has 0 spiro atoms. The molecule has 0 aromatic heterocycles. The molecule has 57 heavy (non-hydrogen) atoms. The molecule has 0 saturated carbocycles. The van der Waals surface area contributed by atoms with E-state index in [4.69, 9.17) is 18.9 Å². The van der Waals surface area contributed by atoms with Crippen molar-refractivity contribution in [3.8, 4) is 0 Å². The van der Waals surface area contributed by atoms with Gasteiger partial charge in [0.1, 0.15) is 30.5 Å². The summed E-state index contributed by atoms with van der Waals surface area (Å²) in [5.41, 5.74) is 0. The van der Waals surface area contributed by atoms with Crippen molar-refractivity contribution >= 4 is 5.97 Å². The Morgan fingerprint density at radius 2 is 1.07 bits per heavy atom. The molecule has 0 aromatic carbocycles. The van der Waals surface area contributed by atoms with E-state index in [1.54, 1.807) is 0 Å². The van der Waals surface area contributed by atoms with Crippen LogP contribution in [0.4, 0.5) is 0 Å². The number of rotatable bonds is 37. The highest BCUT2D eigenvalue weighted by atomic mass is 16.7. The zero-order valence-electron chi connectivity index (χ0n) is 35.8. The summed E-state index contributed by atoms with van der Waals surface area (Å²) < 4.78 is 22.8. The molecule has 0 amide bonds. The maximum Gasteiger partial charge on any atom is 0.306 e. The van der Waals surface area contributed by atoms with Crippen LogP contribution >= 0.6 is 0 Å². The molecule has 328 valence electrons. The summed E-state index contributed by atoms with van der Waals surface area (Å²) in [6, 6.07) is 0. The lowest BCUT2D eigenvalue weighted by Gasteiger charge is -2.39. The van der Waals surface area contributed by atoms with E-state index < -0.39 is 43.4 Å². The number of esters is 1. The first-order valence-corrected chi connectivity index (χ1v) is 22.5. The number of aliphatic hydroxyl groups excluding tert-OH is 4. The van der Waals surface area contributed by atoms with Gasteiger partial charge in [-0.15, -0.1) is 0 Å². The smallest absolute Gasteiger partial charge is 0.306 e. The van der Waals surface area contributed by atoms with Crippen LogP contribution in [0.1, 0.15) is 162 Å². The lowest BCUT2D eigenvalue weighted by Crippen LogP contribution is -2.59. The number of unbranched alkanes of at least 4 members (excludes halogenated alkanes) is 14. The summed E-state index contributed by atoms with van der Waals surface area (Å²) in [6.07, 6.45) is 43.5. The van der Waals surface area contributed by atoms with Crippen LogP contribution in [-0.2, 0) is 23.7 Å². The Hall–Kier alpha value is -2.37. The molecule has 0 radical (unpaired) electrons. The molecular formula is C48H82O9. The molecular weight excluding hydrogens is 721 g/mol. The molecule has 1 aliphatic rings. The van der Waals surface area contributed by atoms with Crippen molar-refractivity contribution in [2.75, 3.05) is 26.4 Å². The molecule has 1 rings (SSSR count). The van der Waals surface area contributed by atoms with Gasteiger partial charge in [0, 0.05) is 13.0 Å². The Balaban J connectivity index is 2.31. The molecule has 0 bridgehead atoms. The molecule has 9 heteroatoms. The van der Waals surface area contributed by atoms with Gasteiger partial charge in [0.05, 0.1) is 19.8 Å². The summed E-state index contributed by atoms with van der Waals surface area (Å²) in [5, 5.41) is 40.1. The number of carbonyl (C=O) groups excluding carboxylic acids is 1. The number of carbonyl (C=O) groups is 1. The monoisotopic (exact) mass is 803 g/mol. The van der Waals surface area contributed by atoms with E-state index in [1.807, 2.05) is 0 Å². The lowest BCUT2D eigenvalue weighted by molar-refractivity contribution is -0.305. The van der Waals surface area contributed by atoms with Crippen LogP contribution in [0.5, 0.6) is 0 Å². The van der Waals surface area contributed by atoms with Crippen molar-refractivity contribution in [2.45, 2.75) is 198 Å². The summed E-state index contributed by atoms with van der Waals surface area (Å²) >= 11 is 0. The molecule has 9 nitrogen and oxygen atoms in total. The van der Waals surface area contributed by atoms with Crippen molar-refractivity contribution in [2.24, 2.45) is 0 Å². The summed E-state index contributed by atoms with van der Waals surface area (Å²) in [6.45, 7) is 4.38. The first-order valence-electron chi connectivity index (χ1n) is 22.5. The molecule has 1 fully saturated rings. The largest absolute Gasteiger partial charge is 0.457 e. The topological polar surface area (TPSA) is 135 Å². The predicted molar refractivity (Wildman–Crippen MR) is 233 cm³/mol. The first kappa shape index (κ1) is 52.6. The van der Waals surface area contributed by atoms with E-state index >= 15 is 0 Å². The molecule has 0 aromatic rings. The Bertz CT molecular complexity index is 1100. The fourth-order valence-electron chi connectivity index (χ4n) is 6.38. The normalized spacial score (nSPS) is 21.1. The van der Waals surface area contributed by atoms with Gasteiger partial charge in [-0.2, -0.15) is 0 Å². The van der Waals surface area contributed by atoms with Crippen LogP contribution in [-0.4, -0.2) is 89.6 Å². The van der Waals surface area contributed by atoms with Crippen LogP contribution in [0.3, 0.4) is 0 Å². The summed E-state index contributed by atoms with van der Waals surface area (Å²) in [5.74, 6) is -0.357. The molecule has 6 unspecified atom stereocenters. The maximum absolute atomic E-state index is 12.8. The Kier molecular flexibility index (Phi) is 36.1. The van der Waals surface area contributed by atoms with Gasteiger partial charge in [-0.05, 0) is 64.2 Å². The molecule has 0 aliphatic carbocycles. The zero-order valence-corrected chi connectivity index (χ0v) is 35.8. The summed E-state index contributed by atoms with van der Waals surface area (Å²) in [7, 11) is 0. The van der Waals surface area contributed by atoms with Crippen molar-refractivity contribution in [1.29, 1.82) is 0 Å². The first-order chi connectivity index (χ1) is 27.9. The number of allylic oxidation sites excluding steroid dienone is 12. The van der Waals surface area contributed by atoms with Gasteiger partial charge in [-0.25, -0.2) is 0 Å². The van der Waals surface area contributed by atoms with Crippen molar-refractivity contribution in [3.63, 3.8) is 0 Å². The quantitative estimate of drug-likeness (QED) is 0.0275. The van der Waals surface area contributed by atoms with Gasteiger partial charge < -0.3 is 39.4 Å². The van der Waals surface area contributed by atoms with Crippen molar-refractivity contribution in [1.82, 2.24) is 0 Å². The van der Waals surface area contributed by atoms with E-state index in [-0.39, 0.29) is 25.6 Å². The highest BCUT2D eigenvalue weighted by Crippen LogP contribution is 2.22. The van der Waals surface area contributed by atoms with E-state index in [0.717, 1.165) is 64.2 Å². The fourth-order valence-corrected chi connectivity index (χ4v) is 6.38. The van der Waals surface area contributed by atoms with E-state index in [1.165, 1.54) is 70.6 Å². The minimum absolute atomic E-state index is 0.125. The van der Waals surface area contributed by atoms with E-state index in [2.05, 4.69) is 86.8 Å². The second-order valence-electron chi connectivity index (χ2n) is 15.1. The van der Waals surface area contributed by atoms with Gasteiger partial charge in [0.2, 0.25) is 0 Å². The molecule has 6 atom stereocenters. The van der Waals surface area contributed by atoms with Crippen LogP contribution in [0.2, 0.25) is 0 Å². The Labute approximate surface area is 347 Å². The second-order valence-corrected chi connectivity index (χ2v) is 15.1. The third-order valence-electron chi connectivity index (χ3n) is 9.89. The van der Waals surface area contributed by atoms with E-state index in [0.29, 0.717) is 13.0 Å². The Morgan fingerprint density at radius 3 is 1.58 bits per heavy atom. The van der Waals surface area contributed by atoms with Gasteiger partial charge in [0.15, 0.2) is 6.29 Å². The van der Waals surface area contributed by atoms with Gasteiger partial charge in [0.25, 0.3) is 0 Å². The molecule has 1 aliphatic heterocycles. The third kappa shape index (κ3) is 30.4. The minimum Gasteiger partial charge on any atom is -0.457 e. The van der Waals surface area contributed by atoms with Crippen molar-refractivity contribution < 1.29 is 44.2 Å². The van der Waals surface area contributed by atoms with Crippen LogP contribution in [0.15, 0.2) is 72.9 Å². The number of ether oxygens (including phenoxy) is 4. The van der Waals surface area contributed by atoms with Crippen LogP contribution < -0.4 is 0 Å². The minimum atomic E-state index is -1.55.